The molecule has 3 heteroatoms. The Hall–Kier alpha value is -1.19. The normalized spacial score (nSPS) is 10.8. The van der Waals surface area contributed by atoms with Crippen molar-refractivity contribution in [3.63, 3.8) is 0 Å². The molecular weight excluding hydrogens is 230 g/mol. The highest BCUT2D eigenvalue weighted by Gasteiger charge is 2.10. The zero-order chi connectivity index (χ0) is 12.3. The number of hydrogen-bond donors (Lipinski definition) is 1. The maximum absolute atomic E-state index is 9.26. The molecule has 17 heavy (non-hydrogen) atoms. The second-order valence-electron chi connectivity index (χ2n) is 3.95. The number of nitrogens with zero attached hydrogens (tertiary/aromatic N) is 1. The van der Waals surface area contributed by atoms with Gasteiger partial charge in [-0.15, -0.1) is 11.3 Å². The Bertz CT molecular complexity index is 466. The molecule has 90 valence electrons. The summed E-state index contributed by atoms with van der Waals surface area (Å²) < 4.78 is 0. The maximum atomic E-state index is 9.26. The van der Waals surface area contributed by atoms with E-state index in [-0.39, 0.29) is 6.61 Å². The molecule has 0 amide bonds. The molecule has 0 aliphatic carbocycles. The van der Waals surface area contributed by atoms with Crippen LogP contribution in [0, 0.1) is 0 Å². The van der Waals surface area contributed by atoms with E-state index in [1.165, 1.54) is 5.56 Å². The summed E-state index contributed by atoms with van der Waals surface area (Å²) in [6, 6.07) is 8.50. The van der Waals surface area contributed by atoms with E-state index >= 15 is 0 Å². The second kappa shape index (κ2) is 5.43. The van der Waals surface area contributed by atoms with Crippen molar-refractivity contribution in [1.29, 1.82) is 0 Å². The topological polar surface area (TPSA) is 33.1 Å². The fourth-order valence-corrected chi connectivity index (χ4v) is 2.81. The van der Waals surface area contributed by atoms with Crippen molar-refractivity contribution >= 4 is 11.3 Å². The molecule has 2 aromatic rings. The van der Waals surface area contributed by atoms with E-state index in [4.69, 9.17) is 0 Å². The van der Waals surface area contributed by atoms with Crippen LogP contribution in [0.25, 0.3) is 10.6 Å². The van der Waals surface area contributed by atoms with Crippen LogP contribution in [-0.2, 0) is 19.4 Å². The average molecular weight is 247 g/mol. The zero-order valence-corrected chi connectivity index (χ0v) is 11.0. The van der Waals surface area contributed by atoms with Gasteiger partial charge in [-0.25, -0.2) is 4.98 Å². The number of benzene rings is 1. The number of hydrogen-bond acceptors (Lipinski definition) is 3. The first-order valence-electron chi connectivity index (χ1n) is 5.97. The number of thiazole rings is 1. The molecule has 0 atom stereocenters. The average Bonchev–Trinajstić information content (AvgIpc) is 2.82. The third-order valence-corrected chi connectivity index (χ3v) is 4.00. The zero-order valence-electron chi connectivity index (χ0n) is 10.2. The van der Waals surface area contributed by atoms with Crippen LogP contribution in [0.1, 0.15) is 30.0 Å². The van der Waals surface area contributed by atoms with Crippen molar-refractivity contribution in [3.05, 3.63) is 40.4 Å². The first-order chi connectivity index (χ1) is 8.28. The molecule has 2 rings (SSSR count). The molecule has 0 bridgehead atoms. The van der Waals surface area contributed by atoms with E-state index in [1.54, 1.807) is 11.3 Å². The molecule has 0 radical (unpaired) electrons. The Kier molecular flexibility index (Phi) is 3.92. The van der Waals surface area contributed by atoms with Gasteiger partial charge in [0, 0.05) is 5.56 Å². The Balaban J connectivity index is 2.35. The first kappa shape index (κ1) is 12.3. The fourth-order valence-electron chi connectivity index (χ4n) is 1.79. The molecule has 1 aromatic heterocycles. The molecule has 0 saturated heterocycles. The van der Waals surface area contributed by atoms with Crippen LogP contribution in [-0.4, -0.2) is 10.1 Å². The van der Waals surface area contributed by atoms with Crippen LogP contribution >= 0.6 is 11.3 Å². The van der Waals surface area contributed by atoms with E-state index < -0.39 is 0 Å². The van der Waals surface area contributed by atoms with Crippen molar-refractivity contribution in [2.45, 2.75) is 33.3 Å². The summed E-state index contributed by atoms with van der Waals surface area (Å²) in [5.74, 6) is 0. The molecule has 1 heterocycles. The van der Waals surface area contributed by atoms with Crippen molar-refractivity contribution in [2.24, 2.45) is 0 Å². The third-order valence-electron chi connectivity index (χ3n) is 2.87. The lowest BCUT2D eigenvalue weighted by atomic mass is 10.1. The van der Waals surface area contributed by atoms with Gasteiger partial charge >= 0.3 is 0 Å². The highest BCUT2D eigenvalue weighted by molar-refractivity contribution is 7.15. The minimum atomic E-state index is 0.0912. The Morgan fingerprint density at radius 1 is 1.12 bits per heavy atom. The van der Waals surface area contributed by atoms with Gasteiger partial charge < -0.3 is 5.11 Å². The van der Waals surface area contributed by atoms with E-state index in [0.717, 1.165) is 34.0 Å². The van der Waals surface area contributed by atoms with Crippen molar-refractivity contribution in [2.75, 3.05) is 0 Å². The van der Waals surface area contributed by atoms with E-state index in [2.05, 4.69) is 43.1 Å². The summed E-state index contributed by atoms with van der Waals surface area (Å²) in [6.07, 6.45) is 1.93. The van der Waals surface area contributed by atoms with Gasteiger partial charge in [-0.1, -0.05) is 38.1 Å². The summed E-state index contributed by atoms with van der Waals surface area (Å²) in [5.41, 5.74) is 3.50. The second-order valence-corrected chi connectivity index (χ2v) is 5.03. The number of aliphatic hydroxyl groups is 1. The summed E-state index contributed by atoms with van der Waals surface area (Å²) in [6.45, 7) is 4.31. The molecule has 0 saturated carbocycles. The predicted octanol–water partition coefficient (Wildman–Crippen LogP) is 3.43. The van der Waals surface area contributed by atoms with E-state index in [9.17, 15) is 5.11 Å². The lowest BCUT2D eigenvalue weighted by Crippen LogP contribution is -1.87. The Labute approximate surface area is 106 Å². The fraction of sp³-hybridized carbons (Fsp3) is 0.357. The molecule has 0 spiro atoms. The van der Waals surface area contributed by atoms with E-state index in [1.807, 2.05) is 0 Å². The van der Waals surface area contributed by atoms with Crippen LogP contribution in [0.5, 0.6) is 0 Å². The monoisotopic (exact) mass is 247 g/mol. The highest BCUT2D eigenvalue weighted by atomic mass is 32.1. The maximum Gasteiger partial charge on any atom is 0.123 e. The number of rotatable bonds is 4. The largest absolute Gasteiger partial charge is 0.391 e. The van der Waals surface area contributed by atoms with Gasteiger partial charge in [0.25, 0.3) is 0 Å². The van der Waals surface area contributed by atoms with Crippen molar-refractivity contribution in [1.82, 2.24) is 4.98 Å². The summed E-state index contributed by atoms with van der Waals surface area (Å²) in [5, 5.41) is 10.3. The lowest BCUT2D eigenvalue weighted by molar-refractivity contribution is 0.284. The van der Waals surface area contributed by atoms with Crippen LogP contribution in [0.3, 0.4) is 0 Å². The minimum Gasteiger partial charge on any atom is -0.391 e. The predicted molar refractivity (Wildman–Crippen MR) is 72.2 cm³/mol. The molecular formula is C14H17NOS. The minimum absolute atomic E-state index is 0.0912. The quantitative estimate of drug-likeness (QED) is 0.898. The van der Waals surface area contributed by atoms with Gasteiger partial charge in [-0.2, -0.15) is 0 Å². The van der Waals surface area contributed by atoms with Crippen LogP contribution in [0.15, 0.2) is 24.3 Å². The van der Waals surface area contributed by atoms with E-state index in [0.29, 0.717) is 0 Å². The van der Waals surface area contributed by atoms with Gasteiger partial charge in [0.1, 0.15) is 5.01 Å². The summed E-state index contributed by atoms with van der Waals surface area (Å²) >= 11 is 1.59. The summed E-state index contributed by atoms with van der Waals surface area (Å²) in [4.78, 5) is 5.57. The van der Waals surface area contributed by atoms with Gasteiger partial charge in [0.15, 0.2) is 0 Å². The van der Waals surface area contributed by atoms with Gasteiger partial charge in [-0.05, 0) is 18.4 Å². The van der Waals surface area contributed by atoms with Crippen LogP contribution in [0.4, 0.5) is 0 Å². The van der Waals surface area contributed by atoms with Gasteiger partial charge in [-0.3, -0.25) is 0 Å². The van der Waals surface area contributed by atoms with Gasteiger partial charge in [0.05, 0.1) is 17.2 Å². The number of aromatic nitrogens is 1. The summed E-state index contributed by atoms with van der Waals surface area (Å²) in [7, 11) is 0. The Morgan fingerprint density at radius 3 is 2.29 bits per heavy atom. The number of aryl methyl sites for hydroxylation is 2. The van der Waals surface area contributed by atoms with Crippen molar-refractivity contribution < 1.29 is 5.11 Å². The molecule has 2 nitrogen and oxygen atoms in total. The third kappa shape index (κ3) is 2.56. The van der Waals surface area contributed by atoms with Crippen LogP contribution in [0.2, 0.25) is 0 Å². The lowest BCUT2D eigenvalue weighted by Gasteiger charge is -1.98. The highest BCUT2D eigenvalue weighted by Crippen LogP contribution is 2.28. The standard InChI is InChI=1S/C14H17NOS/c1-3-10-5-7-11(8-6-10)14-15-12(4-2)13(9-16)17-14/h5-8,16H,3-4,9H2,1-2H3. The van der Waals surface area contributed by atoms with Gasteiger partial charge in [0.2, 0.25) is 0 Å². The molecule has 0 fully saturated rings. The van der Waals surface area contributed by atoms with Crippen molar-refractivity contribution in [3.8, 4) is 10.6 Å². The number of aliphatic hydroxyl groups excluding tert-OH is 1. The molecule has 1 aromatic carbocycles. The molecule has 0 unspecified atom stereocenters. The Morgan fingerprint density at radius 2 is 1.82 bits per heavy atom. The van der Waals surface area contributed by atoms with Crippen LogP contribution < -0.4 is 0 Å². The SMILES string of the molecule is CCc1ccc(-c2nc(CC)c(CO)s2)cc1. The smallest absolute Gasteiger partial charge is 0.123 e. The molecule has 0 aliphatic rings. The first-order valence-corrected chi connectivity index (χ1v) is 6.78. The molecule has 1 N–H and O–H groups in total. The molecule has 0 aliphatic heterocycles.